The normalized spacial score (nSPS) is 20.3. The fourth-order valence-corrected chi connectivity index (χ4v) is 2.48. The maximum Gasteiger partial charge on any atom is 0.323 e. The molecule has 2 N–H and O–H groups in total. The van der Waals surface area contributed by atoms with Gasteiger partial charge in [0.25, 0.3) is 0 Å². The van der Waals surface area contributed by atoms with Crippen LogP contribution in [0.3, 0.4) is 0 Å². The van der Waals surface area contributed by atoms with E-state index in [0.29, 0.717) is 6.54 Å². The van der Waals surface area contributed by atoms with Crippen LogP contribution in [-0.4, -0.2) is 29.7 Å². The van der Waals surface area contributed by atoms with E-state index in [1.165, 1.54) is 6.42 Å². The summed E-state index contributed by atoms with van der Waals surface area (Å²) in [6.07, 6.45) is 5.32. The lowest BCUT2D eigenvalue weighted by molar-refractivity contribution is -0.147. The summed E-state index contributed by atoms with van der Waals surface area (Å²) in [5, 5.41) is 15.8. The Bertz CT molecular complexity index is 309. The number of nitrogens with zero attached hydrogens (tertiary/aromatic N) is 3. The first-order chi connectivity index (χ1) is 8.11. The first-order valence-corrected chi connectivity index (χ1v) is 6.10. The highest BCUT2D eigenvalue weighted by Gasteiger charge is 2.40. The van der Waals surface area contributed by atoms with E-state index in [2.05, 4.69) is 15.3 Å². The Morgan fingerprint density at radius 3 is 2.71 bits per heavy atom. The molecule has 0 aromatic heterocycles. The molecule has 1 rings (SSSR count). The van der Waals surface area contributed by atoms with Crippen molar-refractivity contribution in [1.82, 2.24) is 5.32 Å². The lowest BCUT2D eigenvalue weighted by Crippen LogP contribution is -2.56. The molecule has 1 atom stereocenters. The monoisotopic (exact) mass is 240 g/mol. The highest BCUT2D eigenvalue weighted by molar-refractivity contribution is 5.78. The highest BCUT2D eigenvalue weighted by atomic mass is 16.4. The van der Waals surface area contributed by atoms with Crippen LogP contribution in [0.4, 0.5) is 0 Å². The molecule has 0 amide bonds. The molecule has 0 aromatic carbocycles. The zero-order valence-electron chi connectivity index (χ0n) is 10.2. The molecular formula is C11H20N4O2. The van der Waals surface area contributed by atoms with E-state index in [4.69, 9.17) is 5.53 Å². The molecule has 0 bridgehead atoms. The number of nitrogens with one attached hydrogen (secondary N) is 1. The Hall–Kier alpha value is -1.26. The molecule has 0 heterocycles. The minimum Gasteiger partial charge on any atom is -0.480 e. The average molecular weight is 240 g/mol. The summed E-state index contributed by atoms with van der Waals surface area (Å²) in [5.41, 5.74) is 7.27. The van der Waals surface area contributed by atoms with Gasteiger partial charge >= 0.3 is 5.97 Å². The SMILES string of the molecule is CC(NCCN=[N+]=[N-])(C(=O)O)C1CCCCC1. The second-order valence-electron chi connectivity index (χ2n) is 4.72. The molecule has 6 nitrogen and oxygen atoms in total. The molecule has 0 aliphatic heterocycles. The van der Waals surface area contributed by atoms with Crippen LogP contribution in [0, 0.1) is 5.92 Å². The molecular weight excluding hydrogens is 220 g/mol. The fraction of sp³-hybridized carbons (Fsp3) is 0.909. The maximum absolute atomic E-state index is 11.4. The van der Waals surface area contributed by atoms with Crippen LogP contribution >= 0.6 is 0 Å². The topological polar surface area (TPSA) is 98.1 Å². The number of aliphatic carboxylic acids is 1. The van der Waals surface area contributed by atoms with Gasteiger partial charge in [-0.3, -0.25) is 4.79 Å². The number of hydrogen-bond donors (Lipinski definition) is 2. The van der Waals surface area contributed by atoms with Crippen LogP contribution in [0.15, 0.2) is 5.11 Å². The lowest BCUT2D eigenvalue weighted by atomic mass is 9.75. The van der Waals surface area contributed by atoms with Gasteiger partial charge in [0.05, 0.1) is 0 Å². The van der Waals surface area contributed by atoms with Crippen molar-refractivity contribution in [2.75, 3.05) is 13.1 Å². The fourth-order valence-electron chi connectivity index (χ4n) is 2.48. The second kappa shape index (κ2) is 6.47. The van der Waals surface area contributed by atoms with Gasteiger partial charge in [-0.15, -0.1) is 0 Å². The second-order valence-corrected chi connectivity index (χ2v) is 4.72. The quantitative estimate of drug-likeness (QED) is 0.322. The van der Waals surface area contributed by atoms with Crippen LogP contribution in [0.1, 0.15) is 39.0 Å². The van der Waals surface area contributed by atoms with Crippen LogP contribution in [0.2, 0.25) is 0 Å². The Balaban J connectivity index is 2.59. The van der Waals surface area contributed by atoms with Crippen LogP contribution in [0.5, 0.6) is 0 Å². The van der Waals surface area contributed by atoms with Crippen molar-refractivity contribution in [2.24, 2.45) is 11.0 Å². The standard InChI is InChI=1S/C11H20N4O2/c1-11(10(16)17,13-7-8-14-15-12)9-5-3-2-4-6-9/h9,13H,2-8H2,1H3,(H,16,17). The summed E-state index contributed by atoms with van der Waals surface area (Å²) < 4.78 is 0. The number of carboxylic acids is 1. The van der Waals surface area contributed by atoms with E-state index >= 15 is 0 Å². The number of rotatable bonds is 6. The summed E-state index contributed by atoms with van der Waals surface area (Å²) in [6.45, 7) is 2.43. The van der Waals surface area contributed by atoms with Gasteiger partial charge in [0.1, 0.15) is 5.54 Å². The smallest absolute Gasteiger partial charge is 0.323 e. The number of azide groups is 1. The zero-order valence-corrected chi connectivity index (χ0v) is 10.2. The first kappa shape index (κ1) is 13.8. The molecule has 1 aliphatic rings. The summed E-state index contributed by atoms with van der Waals surface area (Å²) in [4.78, 5) is 14.1. The van der Waals surface area contributed by atoms with E-state index in [1.807, 2.05) is 0 Å². The van der Waals surface area contributed by atoms with Gasteiger partial charge in [0.2, 0.25) is 0 Å². The third-order valence-corrected chi connectivity index (χ3v) is 3.63. The molecule has 1 fully saturated rings. The Morgan fingerprint density at radius 2 is 2.18 bits per heavy atom. The molecule has 96 valence electrons. The minimum atomic E-state index is -0.897. The molecule has 6 heteroatoms. The Morgan fingerprint density at radius 1 is 1.53 bits per heavy atom. The van der Waals surface area contributed by atoms with Gasteiger partial charge in [0.15, 0.2) is 0 Å². The highest BCUT2D eigenvalue weighted by Crippen LogP contribution is 2.32. The summed E-state index contributed by atoms with van der Waals surface area (Å²) in [6, 6.07) is 0. The zero-order chi connectivity index (χ0) is 12.7. The Kier molecular flexibility index (Phi) is 5.25. The predicted molar refractivity (Wildman–Crippen MR) is 64.6 cm³/mol. The summed E-state index contributed by atoms with van der Waals surface area (Å²) in [5.74, 6) is -0.648. The van der Waals surface area contributed by atoms with Crippen molar-refractivity contribution in [1.29, 1.82) is 0 Å². The number of carboxylic acid groups (broad SMARTS) is 1. The molecule has 17 heavy (non-hydrogen) atoms. The number of hydrogen-bond acceptors (Lipinski definition) is 3. The van der Waals surface area contributed by atoms with Crippen molar-refractivity contribution >= 4 is 5.97 Å². The van der Waals surface area contributed by atoms with Gasteiger partial charge in [-0.1, -0.05) is 24.4 Å². The van der Waals surface area contributed by atoms with Gasteiger partial charge in [-0.2, -0.15) is 0 Å². The molecule has 0 saturated heterocycles. The van der Waals surface area contributed by atoms with Crippen LogP contribution < -0.4 is 5.32 Å². The first-order valence-electron chi connectivity index (χ1n) is 6.10. The van der Waals surface area contributed by atoms with Crippen molar-refractivity contribution in [2.45, 2.75) is 44.6 Å². The molecule has 0 spiro atoms. The van der Waals surface area contributed by atoms with Gasteiger partial charge in [-0.25, -0.2) is 0 Å². The number of carbonyl (C=O) groups is 1. The molecule has 0 aromatic rings. The summed E-state index contributed by atoms with van der Waals surface area (Å²) >= 11 is 0. The van der Waals surface area contributed by atoms with Crippen molar-refractivity contribution in [3.63, 3.8) is 0 Å². The van der Waals surface area contributed by atoms with Gasteiger partial charge in [0, 0.05) is 18.0 Å². The third-order valence-electron chi connectivity index (χ3n) is 3.63. The van der Waals surface area contributed by atoms with Gasteiger partial charge < -0.3 is 10.4 Å². The summed E-state index contributed by atoms with van der Waals surface area (Å²) in [7, 11) is 0. The van der Waals surface area contributed by atoms with E-state index in [1.54, 1.807) is 6.92 Å². The molecule has 1 saturated carbocycles. The van der Waals surface area contributed by atoms with Crippen molar-refractivity contribution < 1.29 is 9.90 Å². The molecule has 0 radical (unpaired) electrons. The maximum atomic E-state index is 11.4. The van der Waals surface area contributed by atoms with E-state index in [9.17, 15) is 9.90 Å². The van der Waals surface area contributed by atoms with Crippen LogP contribution in [0.25, 0.3) is 10.4 Å². The minimum absolute atomic E-state index is 0.166. The van der Waals surface area contributed by atoms with Crippen molar-refractivity contribution in [3.8, 4) is 0 Å². The van der Waals surface area contributed by atoms with Crippen LogP contribution in [-0.2, 0) is 4.79 Å². The largest absolute Gasteiger partial charge is 0.480 e. The van der Waals surface area contributed by atoms with E-state index in [0.717, 1.165) is 25.7 Å². The predicted octanol–water partition coefficient (Wildman–Crippen LogP) is 2.31. The van der Waals surface area contributed by atoms with E-state index in [-0.39, 0.29) is 12.5 Å². The average Bonchev–Trinajstić information content (AvgIpc) is 2.35. The lowest BCUT2D eigenvalue weighted by Gasteiger charge is -2.37. The third kappa shape index (κ3) is 3.61. The van der Waals surface area contributed by atoms with Gasteiger partial charge in [-0.05, 0) is 31.2 Å². The van der Waals surface area contributed by atoms with Crippen molar-refractivity contribution in [3.05, 3.63) is 10.4 Å². The van der Waals surface area contributed by atoms with E-state index < -0.39 is 11.5 Å². The molecule has 1 unspecified atom stereocenters. The molecule has 1 aliphatic carbocycles. The Labute approximate surface area is 101 Å².